The predicted molar refractivity (Wildman–Crippen MR) is 78.0 cm³/mol. The highest BCUT2D eigenvalue weighted by Gasteiger charge is 2.07. The van der Waals surface area contributed by atoms with Gasteiger partial charge in [0.05, 0.1) is 13.2 Å². The Labute approximate surface area is 119 Å². The van der Waals surface area contributed by atoms with E-state index in [1.807, 2.05) is 24.3 Å². The monoisotopic (exact) mass is 297 g/mol. The van der Waals surface area contributed by atoms with Crippen LogP contribution in [0.1, 0.15) is 11.1 Å². The van der Waals surface area contributed by atoms with Crippen molar-refractivity contribution in [2.45, 2.75) is 6.54 Å². The van der Waals surface area contributed by atoms with Crippen LogP contribution in [0.3, 0.4) is 0 Å². The van der Waals surface area contributed by atoms with Crippen molar-refractivity contribution in [3.05, 3.63) is 35.4 Å². The van der Waals surface area contributed by atoms with Crippen molar-refractivity contribution in [2.75, 3.05) is 26.8 Å². The molecule has 1 aromatic rings. The van der Waals surface area contributed by atoms with E-state index in [-0.39, 0.29) is 13.1 Å². The van der Waals surface area contributed by atoms with Crippen molar-refractivity contribution in [1.82, 2.24) is 9.44 Å². The van der Waals surface area contributed by atoms with Gasteiger partial charge in [0.25, 0.3) is 10.2 Å². The molecule has 20 heavy (non-hydrogen) atoms. The number of ether oxygens (including phenoxy) is 1. The summed E-state index contributed by atoms with van der Waals surface area (Å²) >= 11 is 0. The predicted octanol–water partition coefficient (Wildman–Crippen LogP) is -0.433. The molecule has 6 nitrogen and oxygen atoms in total. The molecule has 0 aliphatic carbocycles. The largest absolute Gasteiger partial charge is 0.383 e. The minimum absolute atomic E-state index is 0.215. The van der Waals surface area contributed by atoms with Gasteiger partial charge in [-0.2, -0.15) is 17.9 Å². The highest BCUT2D eigenvalue weighted by molar-refractivity contribution is 7.87. The van der Waals surface area contributed by atoms with Gasteiger partial charge < -0.3 is 10.5 Å². The lowest BCUT2D eigenvalue weighted by Crippen LogP contribution is -2.37. The van der Waals surface area contributed by atoms with Gasteiger partial charge in [-0.05, 0) is 17.7 Å². The molecular formula is C13H19N3O3S. The first-order valence-corrected chi connectivity index (χ1v) is 7.57. The Morgan fingerprint density at radius 2 is 1.95 bits per heavy atom. The zero-order valence-corrected chi connectivity index (χ0v) is 12.2. The van der Waals surface area contributed by atoms with Crippen molar-refractivity contribution in [3.8, 4) is 11.8 Å². The molecular weight excluding hydrogens is 278 g/mol. The first-order valence-electron chi connectivity index (χ1n) is 6.08. The van der Waals surface area contributed by atoms with Crippen LogP contribution in [0, 0.1) is 11.8 Å². The molecule has 0 saturated heterocycles. The summed E-state index contributed by atoms with van der Waals surface area (Å²) < 4.78 is 32.7. The molecule has 0 aromatic heterocycles. The fourth-order valence-corrected chi connectivity index (χ4v) is 2.18. The second-order valence-corrected chi connectivity index (χ2v) is 5.50. The van der Waals surface area contributed by atoms with Gasteiger partial charge in [0, 0.05) is 25.8 Å². The number of methoxy groups -OCH3 is 1. The molecule has 0 atom stereocenters. The fourth-order valence-electron chi connectivity index (χ4n) is 1.37. The van der Waals surface area contributed by atoms with Gasteiger partial charge in [-0.15, -0.1) is 0 Å². The second kappa shape index (κ2) is 8.68. The summed E-state index contributed by atoms with van der Waals surface area (Å²) in [7, 11) is -1.99. The van der Waals surface area contributed by atoms with Crippen molar-refractivity contribution in [2.24, 2.45) is 5.73 Å². The molecule has 1 aromatic carbocycles. The molecule has 0 aliphatic rings. The Bertz CT molecular complexity index is 559. The topological polar surface area (TPSA) is 93.4 Å². The third kappa shape index (κ3) is 6.65. The molecule has 0 bridgehead atoms. The fraction of sp³-hybridized carbons (Fsp3) is 0.385. The first kappa shape index (κ1) is 16.6. The maximum Gasteiger partial charge on any atom is 0.277 e. The quantitative estimate of drug-likeness (QED) is 0.470. The lowest BCUT2D eigenvalue weighted by molar-refractivity contribution is 0.204. The van der Waals surface area contributed by atoms with Crippen LogP contribution in [0.2, 0.25) is 0 Å². The van der Waals surface area contributed by atoms with Crippen LogP contribution in [0.15, 0.2) is 24.3 Å². The van der Waals surface area contributed by atoms with E-state index in [4.69, 9.17) is 10.5 Å². The van der Waals surface area contributed by atoms with Gasteiger partial charge in [0.15, 0.2) is 0 Å². The van der Waals surface area contributed by atoms with Gasteiger partial charge in [-0.3, -0.25) is 0 Å². The molecule has 0 amide bonds. The molecule has 7 heteroatoms. The summed E-state index contributed by atoms with van der Waals surface area (Å²) in [5.74, 6) is 5.65. The molecule has 0 heterocycles. The van der Waals surface area contributed by atoms with E-state index >= 15 is 0 Å². The normalized spacial score (nSPS) is 10.9. The van der Waals surface area contributed by atoms with Crippen LogP contribution >= 0.6 is 0 Å². The summed E-state index contributed by atoms with van der Waals surface area (Å²) in [5.41, 5.74) is 6.98. The Kier molecular flexibility index (Phi) is 7.22. The molecule has 4 N–H and O–H groups in total. The van der Waals surface area contributed by atoms with Crippen molar-refractivity contribution < 1.29 is 13.2 Å². The number of rotatable bonds is 7. The summed E-state index contributed by atoms with van der Waals surface area (Å²) in [4.78, 5) is 0. The van der Waals surface area contributed by atoms with E-state index in [1.165, 1.54) is 7.11 Å². The number of nitrogens with two attached hydrogens (primary N) is 1. The van der Waals surface area contributed by atoms with Crippen LogP contribution in [-0.2, 0) is 21.5 Å². The van der Waals surface area contributed by atoms with Gasteiger partial charge in [-0.25, -0.2) is 0 Å². The summed E-state index contributed by atoms with van der Waals surface area (Å²) in [5, 5.41) is 0. The first-order chi connectivity index (χ1) is 9.57. The van der Waals surface area contributed by atoms with E-state index < -0.39 is 10.2 Å². The van der Waals surface area contributed by atoms with Crippen molar-refractivity contribution in [1.29, 1.82) is 0 Å². The highest BCUT2D eigenvalue weighted by atomic mass is 32.2. The summed E-state index contributed by atoms with van der Waals surface area (Å²) in [6.07, 6.45) is 0. The number of hydrogen-bond donors (Lipinski definition) is 3. The summed E-state index contributed by atoms with van der Waals surface area (Å²) in [6.45, 7) is 1.09. The average Bonchev–Trinajstić information content (AvgIpc) is 2.44. The van der Waals surface area contributed by atoms with E-state index in [0.29, 0.717) is 13.2 Å². The third-order valence-corrected chi connectivity index (χ3v) is 3.46. The molecule has 0 fully saturated rings. The molecule has 0 radical (unpaired) electrons. The van der Waals surface area contributed by atoms with Gasteiger partial charge in [0.2, 0.25) is 0 Å². The van der Waals surface area contributed by atoms with Gasteiger partial charge >= 0.3 is 0 Å². The van der Waals surface area contributed by atoms with Crippen LogP contribution < -0.4 is 15.2 Å². The van der Waals surface area contributed by atoms with Crippen LogP contribution in [-0.4, -0.2) is 35.2 Å². The number of hydrogen-bond acceptors (Lipinski definition) is 4. The molecule has 110 valence electrons. The Hall–Kier alpha value is -1.43. The maximum absolute atomic E-state index is 11.6. The Balaban J connectivity index is 2.49. The molecule has 0 unspecified atom stereocenters. The van der Waals surface area contributed by atoms with E-state index in [2.05, 4.69) is 21.3 Å². The lowest BCUT2D eigenvalue weighted by atomic mass is 10.1. The zero-order valence-electron chi connectivity index (χ0n) is 11.3. The second-order valence-electron chi connectivity index (χ2n) is 3.91. The summed E-state index contributed by atoms with van der Waals surface area (Å²) in [6, 6.07) is 7.28. The smallest absolute Gasteiger partial charge is 0.277 e. The number of nitrogens with one attached hydrogen (secondary N) is 2. The molecule has 0 spiro atoms. The molecule has 0 aliphatic heterocycles. The number of benzene rings is 1. The van der Waals surface area contributed by atoms with Crippen LogP contribution in [0.4, 0.5) is 0 Å². The van der Waals surface area contributed by atoms with Crippen LogP contribution in [0.5, 0.6) is 0 Å². The highest BCUT2D eigenvalue weighted by Crippen LogP contribution is 2.03. The Morgan fingerprint density at radius 3 is 2.55 bits per heavy atom. The molecule has 0 saturated carbocycles. The van der Waals surface area contributed by atoms with Crippen molar-refractivity contribution in [3.63, 3.8) is 0 Å². The third-order valence-electron chi connectivity index (χ3n) is 2.35. The minimum Gasteiger partial charge on any atom is -0.383 e. The average molecular weight is 297 g/mol. The van der Waals surface area contributed by atoms with E-state index in [9.17, 15) is 8.42 Å². The van der Waals surface area contributed by atoms with Gasteiger partial charge in [-0.1, -0.05) is 24.0 Å². The van der Waals surface area contributed by atoms with E-state index in [0.717, 1.165) is 11.1 Å². The maximum atomic E-state index is 11.6. The lowest BCUT2D eigenvalue weighted by Gasteiger charge is -2.08. The van der Waals surface area contributed by atoms with Crippen molar-refractivity contribution >= 4 is 10.2 Å². The SMILES string of the molecule is COCCNS(=O)(=O)NCc1ccc(C#CCN)cc1. The van der Waals surface area contributed by atoms with Crippen LogP contribution in [0.25, 0.3) is 0 Å². The minimum atomic E-state index is -3.50. The molecule has 1 rings (SSSR count). The Morgan fingerprint density at radius 1 is 1.25 bits per heavy atom. The zero-order chi connectivity index (χ0) is 14.8. The van der Waals surface area contributed by atoms with E-state index in [1.54, 1.807) is 0 Å². The van der Waals surface area contributed by atoms with Gasteiger partial charge in [0.1, 0.15) is 0 Å². The standard InChI is InChI=1S/C13H19N3O3S/c1-19-10-9-15-20(17,18)16-11-13-6-4-12(5-7-13)3-2-8-14/h4-7,15-16H,8-11,14H2,1H3.